The van der Waals surface area contributed by atoms with Gasteiger partial charge < -0.3 is 5.11 Å². The van der Waals surface area contributed by atoms with Crippen molar-refractivity contribution in [3.63, 3.8) is 0 Å². The second-order valence-corrected chi connectivity index (χ2v) is 7.88. The molecule has 2 aromatic rings. The topological polar surface area (TPSA) is 53.4 Å². The fourth-order valence-corrected chi connectivity index (χ4v) is 4.11. The van der Waals surface area contributed by atoms with E-state index >= 15 is 0 Å². The number of rotatable bonds is 4. The number of benzene rings is 1. The van der Waals surface area contributed by atoms with Crippen molar-refractivity contribution in [1.82, 2.24) is 9.88 Å². The summed E-state index contributed by atoms with van der Waals surface area (Å²) in [6.07, 6.45) is 1.89. The minimum Gasteiger partial charge on any atom is -0.481 e. The number of likely N-dealkylation sites (tertiary alicyclic amines) is 1. The molecule has 1 N–H and O–H groups in total. The molecule has 4 nitrogen and oxygen atoms in total. The van der Waals surface area contributed by atoms with Crippen molar-refractivity contribution in [3.8, 4) is 0 Å². The maximum absolute atomic E-state index is 11.6. The predicted molar refractivity (Wildman–Crippen MR) is 90.1 cm³/mol. The lowest BCUT2D eigenvalue weighted by Gasteiger charge is -2.15. The second kappa shape index (κ2) is 6.48. The highest BCUT2D eigenvalue weighted by Crippen LogP contribution is 2.34. The van der Waals surface area contributed by atoms with Crippen LogP contribution in [-0.4, -0.2) is 34.0 Å². The number of aliphatic carboxylic acids is 1. The minimum absolute atomic E-state index is 0.0413. The molecule has 6 heteroatoms. The van der Waals surface area contributed by atoms with Crippen molar-refractivity contribution >= 4 is 33.2 Å². The molecule has 1 aliphatic heterocycles. The van der Waals surface area contributed by atoms with Gasteiger partial charge in [0.1, 0.15) is 0 Å². The molecule has 116 valence electrons. The average Bonchev–Trinajstić information content (AvgIpc) is 3.07. The van der Waals surface area contributed by atoms with Gasteiger partial charge in [-0.3, -0.25) is 9.69 Å². The number of carbonyl (C=O) groups is 1. The van der Waals surface area contributed by atoms with Crippen molar-refractivity contribution < 1.29 is 9.90 Å². The zero-order chi connectivity index (χ0) is 15.7. The van der Waals surface area contributed by atoms with Gasteiger partial charge in [-0.25, -0.2) is 4.98 Å². The van der Waals surface area contributed by atoms with E-state index in [4.69, 9.17) is 0 Å². The Hall–Kier alpha value is -1.24. The van der Waals surface area contributed by atoms with E-state index in [1.54, 1.807) is 11.3 Å². The largest absolute Gasteiger partial charge is 0.481 e. The summed E-state index contributed by atoms with van der Waals surface area (Å²) in [6, 6.07) is 7.99. The van der Waals surface area contributed by atoms with Crippen molar-refractivity contribution in [1.29, 1.82) is 0 Å². The van der Waals surface area contributed by atoms with Crippen LogP contribution in [0.5, 0.6) is 0 Å². The molecule has 1 aliphatic rings. The van der Waals surface area contributed by atoms with Gasteiger partial charge in [0.2, 0.25) is 0 Å². The number of aryl methyl sites for hydroxylation is 1. The Morgan fingerprint density at radius 3 is 2.73 bits per heavy atom. The lowest BCUT2D eigenvalue weighted by molar-refractivity contribution is -0.141. The molecule has 1 fully saturated rings. The van der Waals surface area contributed by atoms with Crippen LogP contribution in [0.2, 0.25) is 0 Å². The number of aromatic nitrogens is 1. The first kappa shape index (κ1) is 15.6. The SMILES string of the molecule is Cc1ncc(CN2C[C@@H](C(=O)O)[C@H](c3ccc(Br)cc3)C2)s1. The van der Waals surface area contributed by atoms with E-state index in [1.165, 1.54) is 4.88 Å². The van der Waals surface area contributed by atoms with Gasteiger partial charge in [0.05, 0.1) is 10.9 Å². The van der Waals surface area contributed by atoms with Crippen LogP contribution in [0.25, 0.3) is 0 Å². The first-order valence-electron chi connectivity index (χ1n) is 7.15. The van der Waals surface area contributed by atoms with Crippen LogP contribution in [0.4, 0.5) is 0 Å². The van der Waals surface area contributed by atoms with E-state index in [2.05, 4.69) is 25.8 Å². The Labute approximate surface area is 141 Å². The Bertz CT molecular complexity index is 671. The van der Waals surface area contributed by atoms with Crippen LogP contribution >= 0.6 is 27.3 Å². The highest BCUT2D eigenvalue weighted by atomic mass is 79.9. The standard InChI is InChI=1S/C16H17BrN2O2S/c1-10-18-6-13(22-10)7-19-8-14(15(9-19)16(20)21)11-2-4-12(17)5-3-11/h2-6,14-15H,7-9H2,1H3,(H,20,21)/t14-,15+/m0/s1. The molecule has 22 heavy (non-hydrogen) atoms. The fourth-order valence-electron chi connectivity index (χ4n) is 3.01. The Kier molecular flexibility index (Phi) is 4.61. The van der Waals surface area contributed by atoms with E-state index in [0.717, 1.165) is 28.1 Å². The third kappa shape index (κ3) is 3.39. The van der Waals surface area contributed by atoms with Gasteiger partial charge in [0.15, 0.2) is 0 Å². The molecular formula is C16H17BrN2O2S. The maximum atomic E-state index is 11.6. The van der Waals surface area contributed by atoms with Crippen molar-refractivity contribution in [2.45, 2.75) is 19.4 Å². The molecule has 1 aromatic carbocycles. The molecule has 1 aromatic heterocycles. The smallest absolute Gasteiger partial charge is 0.308 e. The first-order chi connectivity index (χ1) is 10.5. The van der Waals surface area contributed by atoms with E-state index < -0.39 is 5.97 Å². The summed E-state index contributed by atoms with van der Waals surface area (Å²) < 4.78 is 1.01. The van der Waals surface area contributed by atoms with E-state index in [9.17, 15) is 9.90 Å². The Balaban J connectivity index is 1.77. The molecule has 3 rings (SSSR count). The zero-order valence-electron chi connectivity index (χ0n) is 12.2. The number of nitrogens with zero attached hydrogens (tertiary/aromatic N) is 2. The highest BCUT2D eigenvalue weighted by molar-refractivity contribution is 9.10. The summed E-state index contributed by atoms with van der Waals surface area (Å²) in [4.78, 5) is 19.3. The molecule has 0 unspecified atom stereocenters. The number of hydrogen-bond donors (Lipinski definition) is 1. The van der Waals surface area contributed by atoms with Crippen LogP contribution in [0.15, 0.2) is 34.9 Å². The monoisotopic (exact) mass is 380 g/mol. The second-order valence-electron chi connectivity index (χ2n) is 5.64. The predicted octanol–water partition coefficient (Wildman–Crippen LogP) is 3.51. The van der Waals surface area contributed by atoms with Crippen LogP contribution in [0, 0.1) is 12.8 Å². The van der Waals surface area contributed by atoms with Crippen LogP contribution in [0.1, 0.15) is 21.4 Å². The maximum Gasteiger partial charge on any atom is 0.308 e. The number of carboxylic acid groups (broad SMARTS) is 1. The summed E-state index contributed by atoms with van der Waals surface area (Å²) in [5.74, 6) is -1.02. The van der Waals surface area contributed by atoms with Gasteiger partial charge in [-0.2, -0.15) is 0 Å². The molecule has 0 amide bonds. The van der Waals surface area contributed by atoms with Gasteiger partial charge in [-0.15, -0.1) is 11.3 Å². The molecule has 0 saturated carbocycles. The molecule has 0 spiro atoms. The fraction of sp³-hybridized carbons (Fsp3) is 0.375. The molecule has 1 saturated heterocycles. The summed E-state index contributed by atoms with van der Waals surface area (Å²) in [5, 5.41) is 10.6. The van der Waals surface area contributed by atoms with Crippen LogP contribution in [-0.2, 0) is 11.3 Å². The minimum atomic E-state index is -0.712. The summed E-state index contributed by atoms with van der Waals surface area (Å²) >= 11 is 5.10. The van der Waals surface area contributed by atoms with Crippen LogP contribution < -0.4 is 0 Å². The number of carboxylic acids is 1. The molecule has 0 bridgehead atoms. The highest BCUT2D eigenvalue weighted by Gasteiger charge is 2.38. The third-order valence-corrected chi connectivity index (χ3v) is 5.49. The van der Waals surface area contributed by atoms with Crippen molar-refractivity contribution in [3.05, 3.63) is 50.4 Å². The summed E-state index contributed by atoms with van der Waals surface area (Å²) in [5.41, 5.74) is 1.10. The summed E-state index contributed by atoms with van der Waals surface area (Å²) in [7, 11) is 0. The van der Waals surface area contributed by atoms with Crippen molar-refractivity contribution in [2.24, 2.45) is 5.92 Å². The molecule has 0 radical (unpaired) electrons. The number of thiazole rings is 1. The molecule has 2 atom stereocenters. The Morgan fingerprint density at radius 2 is 2.14 bits per heavy atom. The lowest BCUT2D eigenvalue weighted by atomic mass is 9.89. The van der Waals surface area contributed by atoms with E-state index in [1.807, 2.05) is 37.4 Å². The number of hydrogen-bond acceptors (Lipinski definition) is 4. The van der Waals surface area contributed by atoms with E-state index in [0.29, 0.717) is 6.54 Å². The van der Waals surface area contributed by atoms with Gasteiger partial charge in [0, 0.05) is 41.1 Å². The molecule has 0 aliphatic carbocycles. The average molecular weight is 381 g/mol. The number of halogens is 1. The van der Waals surface area contributed by atoms with Crippen LogP contribution in [0.3, 0.4) is 0 Å². The van der Waals surface area contributed by atoms with Gasteiger partial charge >= 0.3 is 5.97 Å². The van der Waals surface area contributed by atoms with Gasteiger partial charge in [-0.1, -0.05) is 28.1 Å². The first-order valence-corrected chi connectivity index (χ1v) is 8.76. The normalized spacial score (nSPS) is 22.1. The molecular weight excluding hydrogens is 364 g/mol. The lowest BCUT2D eigenvalue weighted by Crippen LogP contribution is -2.22. The quantitative estimate of drug-likeness (QED) is 0.881. The summed E-state index contributed by atoms with van der Waals surface area (Å²) in [6.45, 7) is 4.13. The zero-order valence-corrected chi connectivity index (χ0v) is 14.6. The van der Waals surface area contributed by atoms with Gasteiger partial charge in [-0.05, 0) is 24.6 Å². The Morgan fingerprint density at radius 1 is 1.41 bits per heavy atom. The third-order valence-electron chi connectivity index (χ3n) is 4.06. The molecule has 2 heterocycles. The van der Waals surface area contributed by atoms with E-state index in [-0.39, 0.29) is 11.8 Å². The van der Waals surface area contributed by atoms with Gasteiger partial charge in [0.25, 0.3) is 0 Å². The van der Waals surface area contributed by atoms with Crippen molar-refractivity contribution in [2.75, 3.05) is 13.1 Å².